The van der Waals surface area contributed by atoms with E-state index in [2.05, 4.69) is 39.7 Å². The van der Waals surface area contributed by atoms with E-state index in [9.17, 15) is 4.79 Å². The van der Waals surface area contributed by atoms with Gasteiger partial charge in [0.2, 0.25) is 0 Å². The summed E-state index contributed by atoms with van der Waals surface area (Å²) in [7, 11) is 1.63. The predicted molar refractivity (Wildman–Crippen MR) is 126 cm³/mol. The van der Waals surface area contributed by atoms with Gasteiger partial charge in [-0.3, -0.25) is 4.79 Å². The van der Waals surface area contributed by atoms with Crippen LogP contribution in [-0.2, 0) is 6.54 Å². The van der Waals surface area contributed by atoms with Crippen molar-refractivity contribution >= 4 is 17.4 Å². The quantitative estimate of drug-likeness (QED) is 0.430. The standard InChI is InChI=1S/C26H24N4O2/c1-18-5-3-6-20(13-18)24-15-25(29-17-28-24)30-22-8-4-7-21(14-22)26(31)27-16-19-9-11-23(32-2)12-10-19/h3-15,17H,16H2,1-2H3,(H,27,31)(H,28,29,30). The van der Waals surface area contributed by atoms with E-state index in [1.54, 1.807) is 19.2 Å². The minimum absolute atomic E-state index is 0.146. The second kappa shape index (κ2) is 9.75. The van der Waals surface area contributed by atoms with Gasteiger partial charge in [-0.2, -0.15) is 0 Å². The van der Waals surface area contributed by atoms with Crippen molar-refractivity contribution in [2.75, 3.05) is 12.4 Å². The third-order valence-electron chi connectivity index (χ3n) is 4.99. The summed E-state index contributed by atoms with van der Waals surface area (Å²) in [4.78, 5) is 21.3. The van der Waals surface area contributed by atoms with Crippen molar-refractivity contribution in [2.45, 2.75) is 13.5 Å². The van der Waals surface area contributed by atoms with Crippen molar-refractivity contribution in [1.29, 1.82) is 0 Å². The second-order valence-electron chi connectivity index (χ2n) is 7.39. The number of hydrogen-bond donors (Lipinski definition) is 2. The summed E-state index contributed by atoms with van der Waals surface area (Å²) in [5, 5.41) is 6.21. The molecular weight excluding hydrogens is 400 g/mol. The maximum atomic E-state index is 12.6. The number of amides is 1. The van der Waals surface area contributed by atoms with Gasteiger partial charge >= 0.3 is 0 Å². The summed E-state index contributed by atoms with van der Waals surface area (Å²) in [5.41, 5.74) is 5.37. The molecule has 160 valence electrons. The number of aromatic nitrogens is 2. The van der Waals surface area contributed by atoms with Gasteiger partial charge in [0.15, 0.2) is 0 Å². The average Bonchev–Trinajstić information content (AvgIpc) is 2.83. The molecule has 1 aromatic heterocycles. The van der Waals surface area contributed by atoms with Crippen molar-refractivity contribution in [1.82, 2.24) is 15.3 Å². The zero-order valence-electron chi connectivity index (χ0n) is 18.0. The molecule has 0 aliphatic carbocycles. The first-order valence-electron chi connectivity index (χ1n) is 10.3. The lowest BCUT2D eigenvalue weighted by atomic mass is 10.1. The lowest BCUT2D eigenvalue weighted by Crippen LogP contribution is -2.22. The lowest BCUT2D eigenvalue weighted by Gasteiger charge is -2.10. The molecule has 0 unspecified atom stereocenters. The van der Waals surface area contributed by atoms with Crippen molar-refractivity contribution in [3.05, 3.63) is 102 Å². The van der Waals surface area contributed by atoms with Crippen LogP contribution in [0.1, 0.15) is 21.5 Å². The highest BCUT2D eigenvalue weighted by Crippen LogP contribution is 2.22. The van der Waals surface area contributed by atoms with Crippen LogP contribution in [0.4, 0.5) is 11.5 Å². The molecule has 6 heteroatoms. The van der Waals surface area contributed by atoms with E-state index in [4.69, 9.17) is 4.74 Å². The molecule has 1 amide bonds. The molecule has 32 heavy (non-hydrogen) atoms. The van der Waals surface area contributed by atoms with Crippen LogP contribution < -0.4 is 15.4 Å². The topological polar surface area (TPSA) is 76.1 Å². The molecule has 0 saturated heterocycles. The van der Waals surface area contributed by atoms with E-state index in [0.717, 1.165) is 28.3 Å². The molecule has 3 aromatic carbocycles. The van der Waals surface area contributed by atoms with Gasteiger partial charge in [-0.15, -0.1) is 0 Å². The molecule has 4 rings (SSSR count). The zero-order chi connectivity index (χ0) is 22.3. The normalized spacial score (nSPS) is 10.4. The van der Waals surface area contributed by atoms with Gasteiger partial charge in [-0.1, -0.05) is 42.0 Å². The Balaban J connectivity index is 1.43. The highest BCUT2D eigenvalue weighted by atomic mass is 16.5. The number of aryl methyl sites for hydroxylation is 1. The number of rotatable bonds is 7. The summed E-state index contributed by atoms with van der Waals surface area (Å²) >= 11 is 0. The van der Waals surface area contributed by atoms with E-state index in [0.29, 0.717) is 17.9 Å². The Kier molecular flexibility index (Phi) is 6.41. The first kappa shape index (κ1) is 21.1. The van der Waals surface area contributed by atoms with E-state index < -0.39 is 0 Å². The molecule has 2 N–H and O–H groups in total. The van der Waals surface area contributed by atoms with E-state index >= 15 is 0 Å². The van der Waals surface area contributed by atoms with Crippen molar-refractivity contribution in [2.24, 2.45) is 0 Å². The van der Waals surface area contributed by atoms with Crippen molar-refractivity contribution in [3.63, 3.8) is 0 Å². The van der Waals surface area contributed by atoms with Crippen LogP contribution in [0.25, 0.3) is 11.3 Å². The van der Waals surface area contributed by atoms with Crippen molar-refractivity contribution in [3.8, 4) is 17.0 Å². The summed E-state index contributed by atoms with van der Waals surface area (Å²) in [5.74, 6) is 1.30. The molecular formula is C26H24N4O2. The van der Waals surface area contributed by atoms with E-state index in [-0.39, 0.29) is 5.91 Å². The van der Waals surface area contributed by atoms with Gasteiger partial charge < -0.3 is 15.4 Å². The molecule has 0 saturated carbocycles. The highest BCUT2D eigenvalue weighted by Gasteiger charge is 2.08. The summed E-state index contributed by atoms with van der Waals surface area (Å²) < 4.78 is 5.16. The fourth-order valence-electron chi connectivity index (χ4n) is 3.30. The Morgan fingerprint density at radius 2 is 1.75 bits per heavy atom. The maximum absolute atomic E-state index is 12.6. The molecule has 0 aliphatic heterocycles. The molecule has 4 aromatic rings. The van der Waals surface area contributed by atoms with Crippen LogP contribution in [0.2, 0.25) is 0 Å². The Hall–Kier alpha value is -4.19. The van der Waals surface area contributed by atoms with Crippen LogP contribution in [0.5, 0.6) is 5.75 Å². The minimum atomic E-state index is -0.146. The van der Waals surface area contributed by atoms with E-state index in [1.165, 1.54) is 11.9 Å². The van der Waals surface area contributed by atoms with E-state index in [1.807, 2.05) is 54.6 Å². The molecule has 0 spiro atoms. The Labute approximate surface area is 187 Å². The van der Waals surface area contributed by atoms with Gasteiger partial charge in [-0.25, -0.2) is 9.97 Å². The molecule has 6 nitrogen and oxygen atoms in total. The fourth-order valence-corrected chi connectivity index (χ4v) is 3.30. The maximum Gasteiger partial charge on any atom is 0.251 e. The van der Waals surface area contributed by atoms with Crippen LogP contribution >= 0.6 is 0 Å². The number of anilines is 2. The van der Waals surface area contributed by atoms with Gasteiger partial charge in [-0.05, 0) is 48.9 Å². The largest absolute Gasteiger partial charge is 0.497 e. The summed E-state index contributed by atoms with van der Waals surface area (Å²) in [6, 6.07) is 25.0. The number of benzene rings is 3. The van der Waals surface area contributed by atoms with Gasteiger partial charge in [0.05, 0.1) is 12.8 Å². The van der Waals surface area contributed by atoms with Gasteiger partial charge in [0.1, 0.15) is 17.9 Å². The minimum Gasteiger partial charge on any atom is -0.497 e. The van der Waals surface area contributed by atoms with Crippen molar-refractivity contribution < 1.29 is 9.53 Å². The SMILES string of the molecule is COc1ccc(CNC(=O)c2cccc(Nc3cc(-c4cccc(C)c4)ncn3)c2)cc1. The van der Waals surface area contributed by atoms with Gasteiger partial charge in [0, 0.05) is 29.4 Å². The molecule has 0 radical (unpaired) electrons. The summed E-state index contributed by atoms with van der Waals surface area (Å²) in [6.07, 6.45) is 1.53. The highest BCUT2D eigenvalue weighted by molar-refractivity contribution is 5.95. The number of carbonyl (C=O) groups excluding carboxylic acids is 1. The van der Waals surface area contributed by atoms with Gasteiger partial charge in [0.25, 0.3) is 5.91 Å². The van der Waals surface area contributed by atoms with Crippen LogP contribution in [0.3, 0.4) is 0 Å². The third kappa shape index (κ3) is 5.29. The smallest absolute Gasteiger partial charge is 0.251 e. The number of methoxy groups -OCH3 is 1. The first-order chi connectivity index (χ1) is 15.6. The number of carbonyl (C=O) groups is 1. The molecule has 1 heterocycles. The number of nitrogens with one attached hydrogen (secondary N) is 2. The number of nitrogens with zero attached hydrogens (tertiary/aromatic N) is 2. The molecule has 0 fully saturated rings. The number of hydrogen-bond acceptors (Lipinski definition) is 5. The van der Waals surface area contributed by atoms with Crippen LogP contribution in [0.15, 0.2) is 85.2 Å². The average molecular weight is 425 g/mol. The fraction of sp³-hybridized carbons (Fsp3) is 0.115. The monoisotopic (exact) mass is 424 g/mol. The predicted octanol–water partition coefficient (Wildman–Crippen LogP) is 5.13. The van der Waals surface area contributed by atoms with Crippen LogP contribution in [-0.4, -0.2) is 23.0 Å². The second-order valence-corrected chi connectivity index (χ2v) is 7.39. The first-order valence-corrected chi connectivity index (χ1v) is 10.3. The summed E-state index contributed by atoms with van der Waals surface area (Å²) in [6.45, 7) is 2.49. The number of ether oxygens (including phenoxy) is 1. The van der Waals surface area contributed by atoms with Crippen LogP contribution in [0, 0.1) is 6.92 Å². The molecule has 0 aliphatic rings. The molecule has 0 atom stereocenters. The Morgan fingerprint density at radius 3 is 2.53 bits per heavy atom. The molecule has 0 bridgehead atoms. The third-order valence-corrected chi connectivity index (χ3v) is 4.99. The lowest BCUT2D eigenvalue weighted by molar-refractivity contribution is 0.0951. The Bertz CT molecular complexity index is 1220. The zero-order valence-corrected chi connectivity index (χ0v) is 18.0. The Morgan fingerprint density at radius 1 is 0.938 bits per heavy atom.